The Morgan fingerprint density at radius 1 is 1.31 bits per heavy atom. The first kappa shape index (κ1) is 13.9. The van der Waals surface area contributed by atoms with Gasteiger partial charge in [0.05, 0.1) is 11.9 Å². The van der Waals surface area contributed by atoms with Crippen molar-refractivity contribution in [3.63, 3.8) is 0 Å². The maximum Gasteiger partial charge on any atom is 0.333 e. The summed E-state index contributed by atoms with van der Waals surface area (Å²) in [6, 6.07) is 0. The van der Waals surface area contributed by atoms with Gasteiger partial charge in [0.15, 0.2) is 0 Å². The Bertz CT molecular complexity index is 366. The minimum atomic E-state index is -1.74. The molecule has 6 heteroatoms. The van der Waals surface area contributed by atoms with Gasteiger partial charge in [-0.2, -0.15) is 0 Å². The first-order valence-corrected chi connectivity index (χ1v) is 4.26. The van der Waals surface area contributed by atoms with Crippen LogP contribution in [0.15, 0.2) is 23.8 Å². The van der Waals surface area contributed by atoms with E-state index in [4.69, 9.17) is 0 Å². The standard InChI is InChI=1S/C10H12O6/c1-5(2)10(15)16-6(3)7(9(13)14)4-8(11)12/h4,6H,1H2,2-3H3,(H,11,12)(H,13,14)/p-2/b7-4-. The van der Waals surface area contributed by atoms with Gasteiger partial charge >= 0.3 is 5.97 Å². The number of ether oxygens (including phenoxy) is 1. The second kappa shape index (κ2) is 5.69. The van der Waals surface area contributed by atoms with Crippen LogP contribution in [0.4, 0.5) is 0 Å². The first-order valence-electron chi connectivity index (χ1n) is 4.26. The minimum absolute atomic E-state index is 0.0676. The molecule has 0 heterocycles. The summed E-state index contributed by atoms with van der Waals surface area (Å²) in [5.74, 6) is -4.28. The smallest absolute Gasteiger partial charge is 0.333 e. The number of hydrogen-bond acceptors (Lipinski definition) is 6. The van der Waals surface area contributed by atoms with E-state index in [1.54, 1.807) is 0 Å². The molecule has 6 nitrogen and oxygen atoms in total. The quantitative estimate of drug-likeness (QED) is 0.393. The fourth-order valence-electron chi connectivity index (χ4n) is 0.794. The van der Waals surface area contributed by atoms with Crippen LogP contribution in [0.25, 0.3) is 0 Å². The maximum atomic E-state index is 11.0. The average molecular weight is 226 g/mol. The van der Waals surface area contributed by atoms with E-state index in [2.05, 4.69) is 11.3 Å². The Labute approximate surface area is 91.8 Å². The summed E-state index contributed by atoms with van der Waals surface area (Å²) in [5.41, 5.74) is -0.618. The fraction of sp³-hybridized carbons (Fsp3) is 0.300. The lowest BCUT2D eigenvalue weighted by molar-refractivity contribution is -0.303. The van der Waals surface area contributed by atoms with Gasteiger partial charge in [0.2, 0.25) is 0 Å². The lowest BCUT2D eigenvalue weighted by atomic mass is 10.1. The van der Waals surface area contributed by atoms with Gasteiger partial charge in [0.25, 0.3) is 0 Å². The highest BCUT2D eigenvalue weighted by Gasteiger charge is 2.15. The number of carboxylic acids is 2. The molecule has 0 aromatic heterocycles. The van der Waals surface area contributed by atoms with Gasteiger partial charge in [-0.05, 0) is 19.9 Å². The summed E-state index contributed by atoms with van der Waals surface area (Å²) in [4.78, 5) is 31.8. The van der Waals surface area contributed by atoms with Gasteiger partial charge in [-0.25, -0.2) is 4.79 Å². The molecular formula is C10H10O6-2. The molecule has 0 saturated carbocycles. The number of aliphatic carboxylic acids is 2. The van der Waals surface area contributed by atoms with Crippen molar-refractivity contribution < 1.29 is 29.3 Å². The average Bonchev–Trinajstić information content (AvgIpc) is 2.12. The van der Waals surface area contributed by atoms with Crippen molar-refractivity contribution in [1.82, 2.24) is 0 Å². The molecule has 0 aliphatic carbocycles. The molecule has 0 aliphatic heterocycles. The summed E-state index contributed by atoms with van der Waals surface area (Å²) in [6.07, 6.45) is -0.946. The van der Waals surface area contributed by atoms with Crippen molar-refractivity contribution >= 4 is 17.9 Å². The molecule has 16 heavy (non-hydrogen) atoms. The predicted octanol–water partition coefficient (Wildman–Crippen LogP) is -2.08. The molecule has 0 aromatic carbocycles. The highest BCUT2D eigenvalue weighted by atomic mass is 16.5. The third-order valence-corrected chi connectivity index (χ3v) is 1.58. The van der Waals surface area contributed by atoms with E-state index in [0.717, 1.165) is 0 Å². The second-order valence-corrected chi connectivity index (χ2v) is 3.03. The van der Waals surface area contributed by atoms with Crippen molar-refractivity contribution in [2.24, 2.45) is 0 Å². The molecular weight excluding hydrogens is 216 g/mol. The summed E-state index contributed by atoms with van der Waals surface area (Å²) < 4.78 is 4.62. The van der Waals surface area contributed by atoms with Crippen LogP contribution in [0.3, 0.4) is 0 Å². The zero-order chi connectivity index (χ0) is 12.9. The summed E-state index contributed by atoms with van der Waals surface area (Å²) >= 11 is 0. The van der Waals surface area contributed by atoms with Crippen molar-refractivity contribution in [3.05, 3.63) is 23.8 Å². The van der Waals surface area contributed by atoms with Crippen LogP contribution in [0, 0.1) is 0 Å². The van der Waals surface area contributed by atoms with E-state index in [1.165, 1.54) is 13.8 Å². The van der Waals surface area contributed by atoms with Crippen LogP contribution in [-0.4, -0.2) is 24.0 Å². The van der Waals surface area contributed by atoms with E-state index in [0.29, 0.717) is 6.08 Å². The number of carbonyl (C=O) groups is 3. The number of rotatable bonds is 5. The van der Waals surface area contributed by atoms with Crippen molar-refractivity contribution in [2.75, 3.05) is 0 Å². The van der Waals surface area contributed by atoms with Crippen LogP contribution in [-0.2, 0) is 19.1 Å². The fourth-order valence-corrected chi connectivity index (χ4v) is 0.794. The van der Waals surface area contributed by atoms with Gasteiger partial charge in [-0.3, -0.25) is 0 Å². The molecule has 0 fully saturated rings. The van der Waals surface area contributed by atoms with Gasteiger partial charge in [-0.1, -0.05) is 6.58 Å². The Kier molecular flexibility index (Phi) is 4.94. The molecule has 0 rings (SSSR count). The molecule has 1 atom stereocenters. The van der Waals surface area contributed by atoms with Crippen LogP contribution < -0.4 is 10.2 Å². The molecule has 1 unspecified atom stereocenters. The van der Waals surface area contributed by atoms with Crippen molar-refractivity contribution in [1.29, 1.82) is 0 Å². The van der Waals surface area contributed by atoms with E-state index in [9.17, 15) is 24.6 Å². The molecule has 0 N–H and O–H groups in total. The number of carboxylic acid groups (broad SMARTS) is 2. The van der Waals surface area contributed by atoms with E-state index >= 15 is 0 Å². The van der Waals surface area contributed by atoms with E-state index in [-0.39, 0.29) is 5.57 Å². The summed E-state index contributed by atoms with van der Waals surface area (Å²) in [5, 5.41) is 20.7. The molecule has 0 bridgehead atoms. The van der Waals surface area contributed by atoms with Gasteiger partial charge in [-0.15, -0.1) is 0 Å². The highest BCUT2D eigenvalue weighted by Crippen LogP contribution is 2.08. The monoisotopic (exact) mass is 226 g/mol. The summed E-state index contributed by atoms with van der Waals surface area (Å²) in [6.45, 7) is 5.86. The predicted molar refractivity (Wildman–Crippen MR) is 48.5 cm³/mol. The maximum absolute atomic E-state index is 11.0. The number of esters is 1. The largest absolute Gasteiger partial charge is 0.545 e. The molecule has 0 aromatic rings. The molecule has 88 valence electrons. The van der Waals surface area contributed by atoms with Gasteiger partial charge in [0, 0.05) is 11.1 Å². The van der Waals surface area contributed by atoms with Gasteiger partial charge in [0.1, 0.15) is 6.10 Å². The van der Waals surface area contributed by atoms with Crippen molar-refractivity contribution in [2.45, 2.75) is 20.0 Å². The van der Waals surface area contributed by atoms with E-state index < -0.39 is 29.6 Å². The number of carbonyl (C=O) groups excluding carboxylic acids is 3. The van der Waals surface area contributed by atoms with E-state index in [1.807, 2.05) is 0 Å². The third kappa shape index (κ3) is 4.41. The van der Waals surface area contributed by atoms with Gasteiger partial charge < -0.3 is 24.5 Å². The Balaban J connectivity index is 4.84. The Hall–Kier alpha value is -2.11. The molecule has 0 spiro atoms. The molecule has 0 aliphatic rings. The SMILES string of the molecule is C=C(C)C(=O)OC(C)/C(=C/C(=O)[O-])C(=O)[O-]. The third-order valence-electron chi connectivity index (χ3n) is 1.58. The topological polar surface area (TPSA) is 107 Å². The highest BCUT2D eigenvalue weighted by molar-refractivity contribution is 5.94. The normalized spacial score (nSPS) is 12.8. The Morgan fingerprint density at radius 3 is 2.12 bits per heavy atom. The van der Waals surface area contributed by atoms with Crippen LogP contribution in [0.2, 0.25) is 0 Å². The van der Waals surface area contributed by atoms with Crippen molar-refractivity contribution in [3.8, 4) is 0 Å². The zero-order valence-corrected chi connectivity index (χ0v) is 8.81. The molecule has 0 saturated heterocycles. The lowest BCUT2D eigenvalue weighted by Crippen LogP contribution is -2.34. The molecule has 0 amide bonds. The summed E-state index contributed by atoms with van der Waals surface area (Å²) in [7, 11) is 0. The van der Waals surface area contributed by atoms with Crippen LogP contribution in [0.1, 0.15) is 13.8 Å². The minimum Gasteiger partial charge on any atom is -0.545 e. The van der Waals surface area contributed by atoms with Crippen LogP contribution >= 0.6 is 0 Å². The number of hydrogen-bond donors (Lipinski definition) is 0. The first-order chi connectivity index (χ1) is 7.25. The molecule has 0 radical (unpaired) electrons. The second-order valence-electron chi connectivity index (χ2n) is 3.03. The Morgan fingerprint density at radius 2 is 1.81 bits per heavy atom. The van der Waals surface area contributed by atoms with Crippen LogP contribution in [0.5, 0.6) is 0 Å². The lowest BCUT2D eigenvalue weighted by Gasteiger charge is -2.18. The zero-order valence-electron chi connectivity index (χ0n) is 8.81.